The predicted octanol–water partition coefficient (Wildman–Crippen LogP) is 3.53. The van der Waals surface area contributed by atoms with E-state index in [1.165, 1.54) is 25.3 Å². The third kappa shape index (κ3) is 4.24. The number of hydrogen-bond donors (Lipinski definition) is 1. The molecule has 0 unspecified atom stereocenters. The summed E-state index contributed by atoms with van der Waals surface area (Å²) >= 11 is 0. The molecule has 0 saturated carbocycles. The molecule has 0 aromatic heterocycles. The van der Waals surface area contributed by atoms with E-state index in [1.54, 1.807) is 12.1 Å². The predicted molar refractivity (Wildman–Crippen MR) is 71.8 cm³/mol. The fourth-order valence-corrected chi connectivity index (χ4v) is 1.74. The molecule has 0 aliphatic rings. The summed E-state index contributed by atoms with van der Waals surface area (Å²) in [5.74, 6) is 0.260. The maximum Gasteiger partial charge on any atom is 0.333 e. The van der Waals surface area contributed by atoms with Gasteiger partial charge in [0.05, 0.1) is 11.5 Å². The summed E-state index contributed by atoms with van der Waals surface area (Å²) in [5, 5.41) is 10.9. The van der Waals surface area contributed by atoms with Gasteiger partial charge in [0.1, 0.15) is 5.69 Å². The molecule has 1 aromatic carbocycles. The summed E-state index contributed by atoms with van der Waals surface area (Å²) < 4.78 is 5.44. The summed E-state index contributed by atoms with van der Waals surface area (Å²) in [4.78, 5) is 10.4. The normalized spacial score (nSPS) is 10.3. The van der Waals surface area contributed by atoms with Crippen LogP contribution in [-0.2, 0) is 0 Å². The minimum atomic E-state index is -0.498. The quantitative estimate of drug-likeness (QED) is 0.332. The molecule has 5 nitrogen and oxygen atoms in total. The van der Waals surface area contributed by atoms with E-state index < -0.39 is 4.92 Å². The average molecular weight is 252 g/mol. The standard InChI is InChI=1S/C13H20N2O3/c1-2-3-4-5-6-10-18-12-9-7-8-11(14)13(12)15(16)17/h7-9H,2-6,10,14H2,1H3. The Morgan fingerprint density at radius 3 is 2.67 bits per heavy atom. The minimum absolute atomic E-state index is 0.133. The van der Waals surface area contributed by atoms with Crippen molar-refractivity contribution in [2.75, 3.05) is 12.3 Å². The summed E-state index contributed by atoms with van der Waals surface area (Å²) in [6.45, 7) is 2.65. The highest BCUT2D eigenvalue weighted by molar-refractivity contribution is 5.65. The van der Waals surface area contributed by atoms with Gasteiger partial charge in [0, 0.05) is 0 Å². The van der Waals surface area contributed by atoms with Crippen molar-refractivity contribution in [1.29, 1.82) is 0 Å². The Morgan fingerprint density at radius 2 is 2.00 bits per heavy atom. The van der Waals surface area contributed by atoms with Crippen LogP contribution in [0.1, 0.15) is 39.0 Å². The largest absolute Gasteiger partial charge is 0.487 e. The zero-order valence-electron chi connectivity index (χ0n) is 10.7. The topological polar surface area (TPSA) is 78.4 Å². The molecule has 18 heavy (non-hydrogen) atoms. The van der Waals surface area contributed by atoms with Gasteiger partial charge in [-0.05, 0) is 18.6 Å². The number of nitro groups is 1. The van der Waals surface area contributed by atoms with Crippen molar-refractivity contribution in [3.8, 4) is 5.75 Å². The van der Waals surface area contributed by atoms with Gasteiger partial charge in [0.15, 0.2) is 5.75 Å². The van der Waals surface area contributed by atoms with Gasteiger partial charge in [0.25, 0.3) is 0 Å². The smallest absolute Gasteiger partial charge is 0.333 e. The molecule has 0 spiro atoms. The van der Waals surface area contributed by atoms with Gasteiger partial charge >= 0.3 is 5.69 Å². The number of ether oxygens (including phenoxy) is 1. The van der Waals surface area contributed by atoms with Crippen molar-refractivity contribution < 1.29 is 9.66 Å². The summed E-state index contributed by atoms with van der Waals surface area (Å²) in [6.07, 6.45) is 5.59. The molecule has 0 radical (unpaired) electrons. The van der Waals surface area contributed by atoms with Crippen molar-refractivity contribution >= 4 is 11.4 Å². The highest BCUT2D eigenvalue weighted by Gasteiger charge is 2.18. The summed E-state index contributed by atoms with van der Waals surface area (Å²) in [6, 6.07) is 4.75. The van der Waals surface area contributed by atoms with Crippen LogP contribution in [0.15, 0.2) is 18.2 Å². The molecule has 5 heteroatoms. The molecule has 0 aliphatic heterocycles. The Morgan fingerprint density at radius 1 is 1.28 bits per heavy atom. The fraction of sp³-hybridized carbons (Fsp3) is 0.538. The third-order valence-corrected chi connectivity index (χ3v) is 2.72. The van der Waals surface area contributed by atoms with Crippen LogP contribution in [0.4, 0.5) is 11.4 Å². The van der Waals surface area contributed by atoms with E-state index in [9.17, 15) is 10.1 Å². The lowest BCUT2D eigenvalue weighted by Crippen LogP contribution is -2.03. The Hall–Kier alpha value is -1.78. The summed E-state index contributed by atoms with van der Waals surface area (Å²) in [5.41, 5.74) is 5.58. The fourth-order valence-electron chi connectivity index (χ4n) is 1.74. The van der Waals surface area contributed by atoms with Gasteiger partial charge in [-0.25, -0.2) is 0 Å². The first-order chi connectivity index (χ1) is 8.66. The van der Waals surface area contributed by atoms with E-state index in [0.29, 0.717) is 6.61 Å². The molecular formula is C13H20N2O3. The number of hydrogen-bond acceptors (Lipinski definition) is 4. The van der Waals surface area contributed by atoms with E-state index in [1.807, 2.05) is 0 Å². The van der Waals surface area contributed by atoms with Crippen LogP contribution in [-0.4, -0.2) is 11.5 Å². The Balaban J connectivity index is 2.47. The van der Waals surface area contributed by atoms with E-state index in [4.69, 9.17) is 10.5 Å². The highest BCUT2D eigenvalue weighted by Crippen LogP contribution is 2.32. The van der Waals surface area contributed by atoms with E-state index in [0.717, 1.165) is 12.8 Å². The molecule has 0 amide bonds. The van der Waals surface area contributed by atoms with Crippen LogP contribution in [0.2, 0.25) is 0 Å². The van der Waals surface area contributed by atoms with Crippen molar-refractivity contribution in [2.45, 2.75) is 39.0 Å². The van der Waals surface area contributed by atoms with Crippen LogP contribution in [0.25, 0.3) is 0 Å². The van der Waals surface area contributed by atoms with Crippen LogP contribution < -0.4 is 10.5 Å². The molecule has 0 aliphatic carbocycles. The lowest BCUT2D eigenvalue weighted by molar-refractivity contribution is -0.384. The number of nitrogens with two attached hydrogens (primary N) is 1. The highest BCUT2D eigenvalue weighted by atomic mass is 16.6. The number of nitrogen functional groups attached to an aromatic ring is 1. The van der Waals surface area contributed by atoms with Crippen LogP contribution in [0, 0.1) is 10.1 Å². The van der Waals surface area contributed by atoms with E-state index in [2.05, 4.69) is 6.92 Å². The monoisotopic (exact) mass is 252 g/mol. The number of para-hydroxylation sites is 1. The average Bonchev–Trinajstić information content (AvgIpc) is 2.33. The first-order valence-corrected chi connectivity index (χ1v) is 6.32. The van der Waals surface area contributed by atoms with E-state index in [-0.39, 0.29) is 17.1 Å². The molecular weight excluding hydrogens is 232 g/mol. The molecule has 0 saturated heterocycles. The third-order valence-electron chi connectivity index (χ3n) is 2.72. The number of nitrogens with zero attached hydrogens (tertiary/aromatic N) is 1. The minimum Gasteiger partial charge on any atom is -0.487 e. The molecule has 0 heterocycles. The molecule has 1 rings (SSSR count). The Kier molecular flexibility index (Phi) is 5.97. The molecule has 0 atom stereocenters. The Bertz CT molecular complexity index is 394. The number of anilines is 1. The van der Waals surface area contributed by atoms with Crippen molar-refractivity contribution in [3.63, 3.8) is 0 Å². The Labute approximate surface area is 107 Å². The van der Waals surface area contributed by atoms with Gasteiger partial charge in [0.2, 0.25) is 0 Å². The first kappa shape index (κ1) is 14.3. The zero-order valence-corrected chi connectivity index (χ0v) is 10.7. The molecule has 0 bridgehead atoms. The van der Waals surface area contributed by atoms with Gasteiger partial charge in [-0.1, -0.05) is 38.7 Å². The maximum atomic E-state index is 10.9. The number of benzene rings is 1. The van der Waals surface area contributed by atoms with Crippen LogP contribution in [0.3, 0.4) is 0 Å². The maximum absolute atomic E-state index is 10.9. The second-order valence-electron chi connectivity index (χ2n) is 4.21. The molecule has 0 fully saturated rings. The van der Waals surface area contributed by atoms with Gasteiger partial charge in [-0.3, -0.25) is 10.1 Å². The second-order valence-corrected chi connectivity index (χ2v) is 4.21. The van der Waals surface area contributed by atoms with E-state index >= 15 is 0 Å². The zero-order chi connectivity index (χ0) is 13.4. The molecule has 2 N–H and O–H groups in total. The lowest BCUT2D eigenvalue weighted by atomic mass is 10.2. The summed E-state index contributed by atoms with van der Waals surface area (Å²) in [7, 11) is 0. The lowest BCUT2D eigenvalue weighted by Gasteiger charge is -2.07. The first-order valence-electron chi connectivity index (χ1n) is 6.32. The van der Waals surface area contributed by atoms with Gasteiger partial charge < -0.3 is 10.5 Å². The van der Waals surface area contributed by atoms with Gasteiger partial charge in [-0.15, -0.1) is 0 Å². The van der Waals surface area contributed by atoms with Crippen molar-refractivity contribution in [1.82, 2.24) is 0 Å². The number of nitro benzene ring substituents is 1. The SMILES string of the molecule is CCCCCCCOc1cccc(N)c1[N+](=O)[O-]. The molecule has 100 valence electrons. The second kappa shape index (κ2) is 7.53. The van der Waals surface area contributed by atoms with Crippen LogP contribution >= 0.6 is 0 Å². The number of unbranched alkanes of at least 4 members (excludes halogenated alkanes) is 4. The number of rotatable bonds is 8. The van der Waals surface area contributed by atoms with Crippen LogP contribution in [0.5, 0.6) is 5.75 Å². The van der Waals surface area contributed by atoms with Gasteiger partial charge in [-0.2, -0.15) is 0 Å². The van der Waals surface area contributed by atoms with Crippen molar-refractivity contribution in [3.05, 3.63) is 28.3 Å². The van der Waals surface area contributed by atoms with Crippen molar-refractivity contribution in [2.24, 2.45) is 0 Å². The molecule has 1 aromatic rings.